The number of aromatic amines is 1. The Morgan fingerprint density at radius 3 is 1.93 bits per heavy atom. The van der Waals surface area contributed by atoms with Gasteiger partial charge in [0.25, 0.3) is 11.8 Å². The molecule has 3 aromatic rings. The summed E-state index contributed by atoms with van der Waals surface area (Å²) < 4.78 is 0. The van der Waals surface area contributed by atoms with Gasteiger partial charge in [0.15, 0.2) is 0 Å². The smallest absolute Gasteiger partial charge is 0.254 e. The second-order valence-electron chi connectivity index (χ2n) is 8.69. The molecule has 0 bridgehead atoms. The topological polar surface area (TPSA) is 56.4 Å². The van der Waals surface area contributed by atoms with E-state index in [1.165, 1.54) is 5.56 Å². The first-order valence-electron chi connectivity index (χ1n) is 10.1. The molecule has 2 heterocycles. The van der Waals surface area contributed by atoms with Gasteiger partial charge in [0.2, 0.25) is 0 Å². The first-order chi connectivity index (χ1) is 13.8. The van der Waals surface area contributed by atoms with Crippen LogP contribution in [0.2, 0.25) is 0 Å². The minimum absolute atomic E-state index is 0.0168. The highest BCUT2D eigenvalue weighted by atomic mass is 16.2. The van der Waals surface area contributed by atoms with Crippen molar-refractivity contribution in [2.45, 2.75) is 26.2 Å². The lowest BCUT2D eigenvalue weighted by Crippen LogP contribution is -2.50. The predicted octanol–water partition coefficient (Wildman–Crippen LogP) is 4.06. The van der Waals surface area contributed by atoms with Crippen LogP contribution in [0.3, 0.4) is 0 Å². The number of aromatic nitrogens is 1. The van der Waals surface area contributed by atoms with Crippen LogP contribution in [0.25, 0.3) is 10.9 Å². The number of carbonyl (C=O) groups is 2. The molecule has 0 spiro atoms. The molecule has 1 saturated heterocycles. The molecule has 0 atom stereocenters. The molecule has 4 rings (SSSR count). The summed E-state index contributed by atoms with van der Waals surface area (Å²) in [5.74, 6) is 0.0495. The van der Waals surface area contributed by atoms with Crippen LogP contribution in [0.4, 0.5) is 0 Å². The summed E-state index contributed by atoms with van der Waals surface area (Å²) in [5.41, 5.74) is 3.62. The van der Waals surface area contributed by atoms with Gasteiger partial charge in [-0.1, -0.05) is 39.0 Å². The van der Waals surface area contributed by atoms with Crippen LogP contribution >= 0.6 is 0 Å². The number of nitrogens with one attached hydrogen (secondary N) is 1. The number of hydrogen-bond acceptors (Lipinski definition) is 2. The number of fused-ring (bicyclic) bond motifs is 1. The molecular weight excluding hydrogens is 362 g/mol. The third-order valence-corrected chi connectivity index (χ3v) is 5.65. The van der Waals surface area contributed by atoms with E-state index in [9.17, 15) is 9.59 Å². The van der Waals surface area contributed by atoms with Crippen LogP contribution < -0.4 is 0 Å². The van der Waals surface area contributed by atoms with E-state index in [0.29, 0.717) is 37.3 Å². The largest absolute Gasteiger partial charge is 0.361 e. The highest BCUT2D eigenvalue weighted by Crippen LogP contribution is 2.23. The molecule has 2 amide bonds. The molecule has 5 heteroatoms. The fraction of sp³-hybridized carbons (Fsp3) is 0.333. The van der Waals surface area contributed by atoms with E-state index in [4.69, 9.17) is 0 Å². The number of hydrogen-bond donors (Lipinski definition) is 1. The number of carbonyl (C=O) groups excluding carboxylic acids is 2. The first-order valence-corrected chi connectivity index (χ1v) is 10.1. The van der Waals surface area contributed by atoms with Gasteiger partial charge in [-0.3, -0.25) is 9.59 Å². The van der Waals surface area contributed by atoms with Gasteiger partial charge in [-0.05, 0) is 46.7 Å². The molecular formula is C24H27N3O2. The highest BCUT2D eigenvalue weighted by molar-refractivity contribution is 5.98. The van der Waals surface area contributed by atoms with Gasteiger partial charge in [0, 0.05) is 49.0 Å². The molecule has 29 heavy (non-hydrogen) atoms. The first kappa shape index (κ1) is 19.2. The van der Waals surface area contributed by atoms with Gasteiger partial charge in [0.05, 0.1) is 0 Å². The number of nitrogens with zero attached hydrogens (tertiary/aromatic N) is 2. The third kappa shape index (κ3) is 3.90. The molecule has 2 aromatic carbocycles. The maximum Gasteiger partial charge on any atom is 0.254 e. The molecule has 0 aliphatic carbocycles. The van der Waals surface area contributed by atoms with Gasteiger partial charge >= 0.3 is 0 Å². The quantitative estimate of drug-likeness (QED) is 0.718. The average Bonchev–Trinajstić information content (AvgIpc) is 3.20. The molecule has 1 fully saturated rings. The number of benzene rings is 2. The standard InChI is InChI=1S/C24H27N3O2/c1-24(2,3)20-8-6-18(7-9-20)22(28)26-12-14-27(15-13-26)23(29)19-5-4-17-10-11-25-21(17)16-19/h4-11,16,25H,12-15H2,1-3H3. The van der Waals surface area contributed by atoms with Crippen LogP contribution in [0.1, 0.15) is 47.1 Å². The van der Waals surface area contributed by atoms with E-state index < -0.39 is 0 Å². The average molecular weight is 389 g/mol. The van der Waals surface area contributed by atoms with Gasteiger partial charge in [-0.2, -0.15) is 0 Å². The Kier molecular flexibility index (Phi) is 4.91. The van der Waals surface area contributed by atoms with E-state index in [-0.39, 0.29) is 17.2 Å². The van der Waals surface area contributed by atoms with E-state index in [0.717, 1.165) is 10.9 Å². The van der Waals surface area contributed by atoms with E-state index in [1.54, 1.807) is 0 Å². The monoisotopic (exact) mass is 389 g/mol. The van der Waals surface area contributed by atoms with Crippen molar-refractivity contribution in [3.8, 4) is 0 Å². The lowest BCUT2D eigenvalue weighted by molar-refractivity contribution is 0.0535. The van der Waals surface area contributed by atoms with Crippen molar-refractivity contribution in [1.82, 2.24) is 14.8 Å². The molecule has 1 aromatic heterocycles. The Morgan fingerprint density at radius 1 is 0.793 bits per heavy atom. The van der Waals surface area contributed by atoms with E-state index >= 15 is 0 Å². The Morgan fingerprint density at radius 2 is 1.34 bits per heavy atom. The molecule has 150 valence electrons. The van der Waals surface area contributed by atoms with Gasteiger partial charge < -0.3 is 14.8 Å². The summed E-state index contributed by atoms with van der Waals surface area (Å²) in [6.07, 6.45) is 1.87. The zero-order chi connectivity index (χ0) is 20.6. The Balaban J connectivity index is 1.39. The fourth-order valence-electron chi connectivity index (χ4n) is 3.77. The molecule has 1 aliphatic rings. The number of H-pyrrole nitrogens is 1. The summed E-state index contributed by atoms with van der Waals surface area (Å²) in [5, 5.41) is 1.09. The molecule has 0 radical (unpaired) electrons. The van der Waals surface area contributed by atoms with Gasteiger partial charge in [0.1, 0.15) is 0 Å². The summed E-state index contributed by atoms with van der Waals surface area (Å²) in [7, 11) is 0. The highest BCUT2D eigenvalue weighted by Gasteiger charge is 2.26. The zero-order valence-electron chi connectivity index (χ0n) is 17.2. The maximum atomic E-state index is 12.9. The number of piperazine rings is 1. The van der Waals surface area contributed by atoms with Crippen LogP contribution in [0, 0.1) is 0 Å². The second kappa shape index (κ2) is 7.39. The molecule has 5 nitrogen and oxygen atoms in total. The zero-order valence-corrected chi connectivity index (χ0v) is 17.2. The van der Waals surface area contributed by atoms with Crippen LogP contribution in [0.15, 0.2) is 54.7 Å². The minimum atomic E-state index is 0.0168. The summed E-state index contributed by atoms with van der Waals surface area (Å²) in [4.78, 5) is 32.5. The van der Waals surface area contributed by atoms with Crippen molar-refractivity contribution in [1.29, 1.82) is 0 Å². The molecule has 0 unspecified atom stereocenters. The summed E-state index contributed by atoms with van der Waals surface area (Å²) in [6, 6.07) is 15.6. The summed E-state index contributed by atoms with van der Waals surface area (Å²) >= 11 is 0. The molecule has 1 aliphatic heterocycles. The second-order valence-corrected chi connectivity index (χ2v) is 8.69. The Bertz CT molecular complexity index is 1040. The van der Waals surface area contributed by atoms with Crippen molar-refractivity contribution in [3.05, 3.63) is 71.4 Å². The van der Waals surface area contributed by atoms with Crippen molar-refractivity contribution >= 4 is 22.7 Å². The SMILES string of the molecule is CC(C)(C)c1ccc(C(=O)N2CCN(C(=O)c3ccc4cc[nH]c4c3)CC2)cc1. The van der Waals surface area contributed by atoms with Crippen molar-refractivity contribution < 1.29 is 9.59 Å². The minimum Gasteiger partial charge on any atom is -0.361 e. The predicted molar refractivity (Wildman–Crippen MR) is 115 cm³/mol. The summed E-state index contributed by atoms with van der Waals surface area (Å²) in [6.45, 7) is 8.68. The Hall–Kier alpha value is -3.08. The molecule has 1 N–H and O–H groups in total. The van der Waals surface area contributed by atoms with Crippen LogP contribution in [0.5, 0.6) is 0 Å². The van der Waals surface area contributed by atoms with Crippen LogP contribution in [-0.4, -0.2) is 52.8 Å². The third-order valence-electron chi connectivity index (χ3n) is 5.65. The van der Waals surface area contributed by atoms with Crippen molar-refractivity contribution in [3.63, 3.8) is 0 Å². The van der Waals surface area contributed by atoms with Gasteiger partial charge in [-0.15, -0.1) is 0 Å². The van der Waals surface area contributed by atoms with Crippen molar-refractivity contribution in [2.75, 3.05) is 26.2 Å². The lowest BCUT2D eigenvalue weighted by atomic mass is 9.86. The fourth-order valence-corrected chi connectivity index (χ4v) is 3.77. The van der Waals surface area contributed by atoms with Crippen molar-refractivity contribution in [2.24, 2.45) is 0 Å². The van der Waals surface area contributed by atoms with Gasteiger partial charge in [-0.25, -0.2) is 0 Å². The number of rotatable bonds is 2. The van der Waals surface area contributed by atoms with Crippen LogP contribution in [-0.2, 0) is 5.41 Å². The maximum absolute atomic E-state index is 12.9. The molecule has 0 saturated carbocycles. The normalized spacial score (nSPS) is 15.0. The Labute approximate surface area is 171 Å². The van der Waals surface area contributed by atoms with E-state index in [2.05, 4.69) is 25.8 Å². The number of amides is 2. The van der Waals surface area contributed by atoms with E-state index in [1.807, 2.05) is 64.5 Å². The lowest BCUT2D eigenvalue weighted by Gasteiger charge is -2.35.